The second-order valence-corrected chi connectivity index (χ2v) is 8.57. The van der Waals surface area contributed by atoms with Gasteiger partial charge in [-0.3, -0.25) is 4.79 Å². The predicted octanol–water partition coefficient (Wildman–Crippen LogP) is 2.52. The van der Waals surface area contributed by atoms with Crippen molar-refractivity contribution in [2.24, 2.45) is 0 Å². The van der Waals surface area contributed by atoms with Crippen LogP contribution in [0.3, 0.4) is 0 Å². The van der Waals surface area contributed by atoms with Crippen molar-refractivity contribution >= 4 is 11.6 Å². The van der Waals surface area contributed by atoms with Gasteiger partial charge in [-0.05, 0) is 76.1 Å². The molecule has 0 fully saturated rings. The molecule has 1 N–H and O–H groups in total. The number of phenols is 1. The quantitative estimate of drug-likeness (QED) is 0.725. The number of nitrogens with zero attached hydrogens (tertiary/aromatic N) is 4. The molecule has 6 heteroatoms. The fourth-order valence-corrected chi connectivity index (χ4v) is 3.75. The molecule has 1 amide bonds. The molecule has 0 saturated heterocycles. The summed E-state index contributed by atoms with van der Waals surface area (Å²) in [4.78, 5) is 21.8. The zero-order valence-corrected chi connectivity index (χ0v) is 18.6. The molecule has 0 atom stereocenters. The van der Waals surface area contributed by atoms with Crippen LogP contribution < -0.4 is 4.90 Å². The number of carbonyl (C=O) groups is 1. The minimum atomic E-state index is 0.0472. The molecule has 0 bridgehead atoms. The van der Waals surface area contributed by atoms with E-state index < -0.39 is 0 Å². The Hall–Kier alpha value is -2.57. The zero-order chi connectivity index (χ0) is 21.7. The molecule has 2 aromatic carbocycles. The van der Waals surface area contributed by atoms with Crippen LogP contribution in [-0.4, -0.2) is 86.6 Å². The van der Waals surface area contributed by atoms with Crippen LogP contribution in [0, 0.1) is 0 Å². The van der Waals surface area contributed by atoms with E-state index in [1.807, 2.05) is 29.2 Å². The molecule has 1 aliphatic rings. The number of aromatic hydroxyl groups is 1. The maximum absolute atomic E-state index is 13.2. The highest BCUT2D eigenvalue weighted by Crippen LogP contribution is 2.25. The predicted molar refractivity (Wildman–Crippen MR) is 122 cm³/mol. The summed E-state index contributed by atoms with van der Waals surface area (Å²) in [7, 11) is 8.32. The van der Waals surface area contributed by atoms with Crippen molar-refractivity contribution in [3.8, 4) is 5.75 Å². The summed E-state index contributed by atoms with van der Waals surface area (Å²) in [5.41, 5.74) is 4.05. The number of fused-ring (bicyclic) bond motifs is 1. The second kappa shape index (κ2) is 9.96. The summed E-state index contributed by atoms with van der Waals surface area (Å²) in [5, 5.41) is 9.79. The molecule has 1 heterocycles. The number of carbonyl (C=O) groups excluding carboxylic acids is 1. The summed E-state index contributed by atoms with van der Waals surface area (Å²) >= 11 is 0. The Morgan fingerprint density at radius 2 is 1.63 bits per heavy atom. The van der Waals surface area contributed by atoms with Crippen LogP contribution >= 0.6 is 0 Å². The highest BCUT2D eigenvalue weighted by atomic mass is 16.3. The van der Waals surface area contributed by atoms with E-state index in [0.717, 1.165) is 49.4 Å². The lowest BCUT2D eigenvalue weighted by atomic mass is 9.98. The minimum absolute atomic E-state index is 0.0472. The number of anilines is 1. The summed E-state index contributed by atoms with van der Waals surface area (Å²) in [5.74, 6) is 0.300. The molecule has 0 spiro atoms. The third-order valence-corrected chi connectivity index (χ3v) is 5.58. The van der Waals surface area contributed by atoms with Gasteiger partial charge in [-0.1, -0.05) is 12.1 Å². The lowest BCUT2D eigenvalue weighted by Gasteiger charge is -2.30. The number of rotatable bonds is 8. The third-order valence-electron chi connectivity index (χ3n) is 5.58. The van der Waals surface area contributed by atoms with Gasteiger partial charge in [-0.25, -0.2) is 0 Å². The number of hydrogen-bond acceptors (Lipinski definition) is 5. The molecule has 2 aromatic rings. The Bertz CT molecular complexity index is 854. The van der Waals surface area contributed by atoms with Gasteiger partial charge in [-0.15, -0.1) is 0 Å². The van der Waals surface area contributed by atoms with Crippen molar-refractivity contribution in [2.45, 2.75) is 13.0 Å². The van der Waals surface area contributed by atoms with Crippen LogP contribution in [0.15, 0.2) is 42.5 Å². The van der Waals surface area contributed by atoms with Crippen LogP contribution in [0.1, 0.15) is 21.5 Å². The van der Waals surface area contributed by atoms with Gasteiger partial charge in [0.2, 0.25) is 0 Å². The van der Waals surface area contributed by atoms with Crippen LogP contribution in [0.5, 0.6) is 5.75 Å². The monoisotopic (exact) mass is 410 g/mol. The molecule has 30 heavy (non-hydrogen) atoms. The summed E-state index contributed by atoms with van der Waals surface area (Å²) < 4.78 is 0. The Kier molecular flexibility index (Phi) is 7.34. The van der Waals surface area contributed by atoms with Gasteiger partial charge >= 0.3 is 0 Å². The summed E-state index contributed by atoms with van der Waals surface area (Å²) in [6.07, 6.45) is 0.818. The molecule has 6 nitrogen and oxygen atoms in total. The smallest absolute Gasteiger partial charge is 0.254 e. The van der Waals surface area contributed by atoms with Crippen LogP contribution in [0.4, 0.5) is 5.69 Å². The molecule has 0 radical (unpaired) electrons. The second-order valence-electron chi connectivity index (χ2n) is 8.57. The Morgan fingerprint density at radius 1 is 0.933 bits per heavy atom. The fraction of sp³-hybridized carbons (Fsp3) is 0.458. The number of benzene rings is 2. The molecular weight excluding hydrogens is 376 g/mol. The average molecular weight is 411 g/mol. The molecule has 162 valence electrons. The first-order valence-corrected chi connectivity index (χ1v) is 10.6. The number of likely N-dealkylation sites (N-methyl/N-ethyl adjacent to an activating group) is 2. The largest absolute Gasteiger partial charge is 0.508 e. The third kappa shape index (κ3) is 5.74. The molecule has 0 aromatic heterocycles. The first-order chi connectivity index (χ1) is 14.3. The van der Waals surface area contributed by atoms with Crippen molar-refractivity contribution in [2.75, 3.05) is 65.8 Å². The van der Waals surface area contributed by atoms with Crippen molar-refractivity contribution in [3.63, 3.8) is 0 Å². The van der Waals surface area contributed by atoms with Crippen molar-refractivity contribution in [1.82, 2.24) is 14.7 Å². The standard InChI is InChI=1S/C24H34N4O2/c1-25(2)12-14-27(15-13-26(3)4)22-7-5-6-20(16-22)24(30)28-11-10-19-8-9-23(29)17-21(19)18-28/h5-9,16-17,29H,10-15,18H2,1-4H3. The number of amides is 1. The van der Waals surface area contributed by atoms with Crippen molar-refractivity contribution in [1.29, 1.82) is 0 Å². The molecule has 0 unspecified atom stereocenters. The fourth-order valence-electron chi connectivity index (χ4n) is 3.75. The van der Waals surface area contributed by atoms with Gasteiger partial charge < -0.3 is 24.7 Å². The minimum Gasteiger partial charge on any atom is -0.508 e. The Labute approximate surface area is 180 Å². The Morgan fingerprint density at radius 3 is 2.30 bits per heavy atom. The molecule has 3 rings (SSSR count). The van der Waals surface area contributed by atoms with E-state index in [4.69, 9.17) is 0 Å². The van der Waals surface area contributed by atoms with E-state index in [-0.39, 0.29) is 11.7 Å². The molecule has 0 aliphatic carbocycles. The number of hydrogen-bond donors (Lipinski definition) is 1. The van der Waals surface area contributed by atoms with Crippen molar-refractivity contribution in [3.05, 3.63) is 59.2 Å². The van der Waals surface area contributed by atoms with Crippen LogP contribution in [0.2, 0.25) is 0 Å². The maximum atomic E-state index is 13.2. The van der Waals surface area contributed by atoms with Gasteiger partial charge in [0, 0.05) is 50.5 Å². The van der Waals surface area contributed by atoms with E-state index in [1.54, 1.807) is 12.1 Å². The average Bonchev–Trinajstić information content (AvgIpc) is 2.72. The molecule has 0 saturated carbocycles. The lowest BCUT2D eigenvalue weighted by Crippen LogP contribution is -2.37. The van der Waals surface area contributed by atoms with Gasteiger partial charge in [-0.2, -0.15) is 0 Å². The van der Waals surface area contributed by atoms with Crippen LogP contribution in [0.25, 0.3) is 0 Å². The summed E-state index contributed by atoms with van der Waals surface area (Å²) in [6, 6.07) is 13.4. The van der Waals surface area contributed by atoms with Gasteiger partial charge in [0.15, 0.2) is 0 Å². The highest BCUT2D eigenvalue weighted by Gasteiger charge is 2.22. The van der Waals surface area contributed by atoms with Gasteiger partial charge in [0.25, 0.3) is 5.91 Å². The van der Waals surface area contributed by atoms with E-state index in [2.05, 4.69) is 49.0 Å². The lowest BCUT2D eigenvalue weighted by molar-refractivity contribution is 0.0734. The van der Waals surface area contributed by atoms with E-state index >= 15 is 0 Å². The van der Waals surface area contributed by atoms with Gasteiger partial charge in [0.05, 0.1) is 0 Å². The van der Waals surface area contributed by atoms with E-state index in [0.29, 0.717) is 13.1 Å². The number of phenolic OH excluding ortho intramolecular Hbond substituents is 1. The molecule has 1 aliphatic heterocycles. The maximum Gasteiger partial charge on any atom is 0.254 e. The molecular formula is C24H34N4O2. The van der Waals surface area contributed by atoms with Crippen LogP contribution in [-0.2, 0) is 13.0 Å². The summed E-state index contributed by atoms with van der Waals surface area (Å²) in [6.45, 7) is 4.98. The first kappa shape index (κ1) is 22.1. The van der Waals surface area contributed by atoms with E-state index in [1.165, 1.54) is 5.56 Å². The van der Waals surface area contributed by atoms with Gasteiger partial charge in [0.1, 0.15) is 5.75 Å². The highest BCUT2D eigenvalue weighted by molar-refractivity contribution is 5.95. The van der Waals surface area contributed by atoms with E-state index in [9.17, 15) is 9.90 Å². The van der Waals surface area contributed by atoms with Crippen molar-refractivity contribution < 1.29 is 9.90 Å². The normalized spacial score (nSPS) is 13.6. The SMILES string of the molecule is CN(C)CCN(CCN(C)C)c1cccc(C(=O)N2CCc3ccc(O)cc3C2)c1. The topological polar surface area (TPSA) is 50.3 Å². The Balaban J connectivity index is 1.76. The first-order valence-electron chi connectivity index (χ1n) is 10.6. The zero-order valence-electron chi connectivity index (χ0n) is 18.6.